The number of nitrogens with zero attached hydrogens (tertiary/aromatic N) is 2. The first-order chi connectivity index (χ1) is 11.1. The number of nitrogens with two attached hydrogens (primary N) is 1. The summed E-state index contributed by atoms with van der Waals surface area (Å²) in [5.41, 5.74) is 7.45. The smallest absolute Gasteiger partial charge is 0.275 e. The number of carbonyl (C=O) groups excluding carboxylic acids is 1. The Balaban J connectivity index is 1.54. The zero-order valence-corrected chi connectivity index (χ0v) is 13.4. The van der Waals surface area contributed by atoms with Crippen LogP contribution in [0.1, 0.15) is 47.7 Å². The zero-order chi connectivity index (χ0) is 16.2. The van der Waals surface area contributed by atoms with E-state index in [1.165, 1.54) is 11.8 Å². The molecule has 122 valence electrons. The standard InChI is InChI=1S/C18H23N3O2/c1-13(19)17-20-16(12-23-17)18(22)21-9-7-15(8-10-21)11-14-5-3-2-4-6-14/h2-6,12-13,15H,7-11,19H2,1H3. The van der Waals surface area contributed by atoms with E-state index in [1.807, 2.05) is 11.0 Å². The van der Waals surface area contributed by atoms with E-state index in [-0.39, 0.29) is 11.9 Å². The minimum absolute atomic E-state index is 0.0567. The molecule has 0 bridgehead atoms. The molecule has 0 spiro atoms. The number of benzene rings is 1. The van der Waals surface area contributed by atoms with E-state index in [0.717, 1.165) is 32.4 Å². The van der Waals surface area contributed by atoms with Crippen LogP contribution in [0.25, 0.3) is 0 Å². The topological polar surface area (TPSA) is 72.4 Å². The van der Waals surface area contributed by atoms with Gasteiger partial charge in [-0.3, -0.25) is 4.79 Å². The number of piperidine rings is 1. The Hall–Kier alpha value is -2.14. The van der Waals surface area contributed by atoms with Gasteiger partial charge in [-0.05, 0) is 37.7 Å². The lowest BCUT2D eigenvalue weighted by atomic mass is 9.90. The molecule has 1 aromatic carbocycles. The van der Waals surface area contributed by atoms with E-state index in [9.17, 15) is 4.79 Å². The van der Waals surface area contributed by atoms with Crippen molar-refractivity contribution in [3.63, 3.8) is 0 Å². The molecule has 2 N–H and O–H groups in total. The summed E-state index contributed by atoms with van der Waals surface area (Å²) in [6.45, 7) is 3.34. The van der Waals surface area contributed by atoms with Crippen molar-refractivity contribution in [1.82, 2.24) is 9.88 Å². The van der Waals surface area contributed by atoms with Crippen LogP contribution in [0.3, 0.4) is 0 Å². The number of rotatable bonds is 4. The Morgan fingerprint density at radius 2 is 2.04 bits per heavy atom. The fraction of sp³-hybridized carbons (Fsp3) is 0.444. The highest BCUT2D eigenvalue weighted by Gasteiger charge is 2.26. The lowest BCUT2D eigenvalue weighted by molar-refractivity contribution is 0.0684. The van der Waals surface area contributed by atoms with Gasteiger partial charge in [0.05, 0.1) is 6.04 Å². The third kappa shape index (κ3) is 3.79. The second-order valence-electron chi connectivity index (χ2n) is 6.28. The van der Waals surface area contributed by atoms with Gasteiger partial charge in [-0.1, -0.05) is 30.3 Å². The van der Waals surface area contributed by atoms with Crippen molar-refractivity contribution in [2.75, 3.05) is 13.1 Å². The predicted molar refractivity (Wildman–Crippen MR) is 87.9 cm³/mol. The molecule has 1 aromatic heterocycles. The van der Waals surface area contributed by atoms with Crippen LogP contribution >= 0.6 is 0 Å². The van der Waals surface area contributed by atoms with Gasteiger partial charge >= 0.3 is 0 Å². The number of hydrogen-bond donors (Lipinski definition) is 1. The average Bonchev–Trinajstić information content (AvgIpc) is 3.06. The molecule has 1 fully saturated rings. The van der Waals surface area contributed by atoms with E-state index >= 15 is 0 Å². The molecule has 5 nitrogen and oxygen atoms in total. The van der Waals surface area contributed by atoms with Crippen molar-refractivity contribution in [2.45, 2.75) is 32.2 Å². The molecule has 1 saturated heterocycles. The summed E-state index contributed by atoms with van der Waals surface area (Å²) in [4.78, 5) is 18.5. The molecule has 0 aliphatic carbocycles. The SMILES string of the molecule is CC(N)c1nc(C(=O)N2CCC(Cc3ccccc3)CC2)co1. The summed E-state index contributed by atoms with van der Waals surface area (Å²) in [7, 11) is 0. The third-order valence-corrected chi connectivity index (χ3v) is 4.40. The molecule has 0 radical (unpaired) electrons. The molecule has 1 unspecified atom stereocenters. The van der Waals surface area contributed by atoms with Gasteiger partial charge in [0.15, 0.2) is 5.69 Å². The Labute approximate surface area is 136 Å². The Kier molecular flexibility index (Phi) is 4.76. The maximum atomic E-state index is 12.5. The van der Waals surface area contributed by atoms with Gasteiger partial charge in [-0.25, -0.2) is 4.98 Å². The second kappa shape index (κ2) is 6.96. The lowest BCUT2D eigenvalue weighted by Gasteiger charge is -2.31. The predicted octanol–water partition coefficient (Wildman–Crippen LogP) is 2.79. The van der Waals surface area contributed by atoms with Crippen LogP contribution in [-0.2, 0) is 6.42 Å². The summed E-state index contributed by atoms with van der Waals surface area (Å²) < 4.78 is 5.25. The van der Waals surface area contributed by atoms with Gasteiger partial charge in [-0.2, -0.15) is 0 Å². The monoisotopic (exact) mass is 313 g/mol. The highest BCUT2D eigenvalue weighted by Crippen LogP contribution is 2.23. The molecule has 1 aliphatic heterocycles. The Morgan fingerprint density at radius 3 is 2.65 bits per heavy atom. The van der Waals surface area contributed by atoms with E-state index < -0.39 is 0 Å². The van der Waals surface area contributed by atoms with Gasteiger partial charge in [0, 0.05) is 13.1 Å². The van der Waals surface area contributed by atoms with Gasteiger partial charge in [0.25, 0.3) is 5.91 Å². The van der Waals surface area contributed by atoms with Crippen LogP contribution in [0.15, 0.2) is 41.0 Å². The Morgan fingerprint density at radius 1 is 1.35 bits per heavy atom. The molecular formula is C18H23N3O2. The van der Waals surface area contributed by atoms with E-state index in [0.29, 0.717) is 17.5 Å². The van der Waals surface area contributed by atoms with E-state index in [2.05, 4.69) is 29.2 Å². The van der Waals surface area contributed by atoms with E-state index in [1.54, 1.807) is 6.92 Å². The normalized spacial score (nSPS) is 17.2. The minimum Gasteiger partial charge on any atom is -0.446 e. The number of aromatic nitrogens is 1. The highest BCUT2D eigenvalue weighted by atomic mass is 16.3. The first-order valence-corrected chi connectivity index (χ1v) is 8.17. The van der Waals surface area contributed by atoms with Gasteiger partial charge in [-0.15, -0.1) is 0 Å². The molecule has 1 aliphatic rings. The molecule has 0 saturated carbocycles. The number of likely N-dealkylation sites (tertiary alicyclic amines) is 1. The fourth-order valence-corrected chi connectivity index (χ4v) is 3.04. The average molecular weight is 313 g/mol. The molecule has 2 aromatic rings. The van der Waals surface area contributed by atoms with Gasteiger partial charge in [0.2, 0.25) is 5.89 Å². The maximum Gasteiger partial charge on any atom is 0.275 e. The van der Waals surface area contributed by atoms with Crippen LogP contribution in [0, 0.1) is 5.92 Å². The number of oxazole rings is 1. The molecule has 1 atom stereocenters. The first-order valence-electron chi connectivity index (χ1n) is 8.17. The van der Waals surface area contributed by atoms with Crippen molar-refractivity contribution < 1.29 is 9.21 Å². The molecule has 23 heavy (non-hydrogen) atoms. The summed E-state index contributed by atoms with van der Waals surface area (Å²) in [6.07, 6.45) is 4.55. The highest BCUT2D eigenvalue weighted by molar-refractivity contribution is 5.92. The van der Waals surface area contributed by atoms with Crippen molar-refractivity contribution in [3.05, 3.63) is 53.7 Å². The first kappa shape index (κ1) is 15.7. The quantitative estimate of drug-likeness (QED) is 0.942. The van der Waals surface area contributed by atoms with Crippen LogP contribution in [0.4, 0.5) is 0 Å². The zero-order valence-electron chi connectivity index (χ0n) is 13.4. The number of amides is 1. The second-order valence-corrected chi connectivity index (χ2v) is 6.28. The minimum atomic E-state index is -0.298. The molecule has 2 heterocycles. The van der Waals surface area contributed by atoms with Gasteiger partial charge < -0.3 is 15.1 Å². The third-order valence-electron chi connectivity index (χ3n) is 4.40. The molecule has 5 heteroatoms. The van der Waals surface area contributed by atoms with Gasteiger partial charge in [0.1, 0.15) is 6.26 Å². The molecular weight excluding hydrogens is 290 g/mol. The summed E-state index contributed by atoms with van der Waals surface area (Å²) >= 11 is 0. The van der Waals surface area contributed by atoms with Crippen LogP contribution < -0.4 is 5.73 Å². The largest absolute Gasteiger partial charge is 0.446 e. The van der Waals surface area contributed by atoms with Crippen molar-refractivity contribution in [3.8, 4) is 0 Å². The van der Waals surface area contributed by atoms with Crippen molar-refractivity contribution >= 4 is 5.91 Å². The van der Waals surface area contributed by atoms with Crippen LogP contribution in [0.5, 0.6) is 0 Å². The Bertz CT molecular complexity index is 643. The van der Waals surface area contributed by atoms with Crippen LogP contribution in [-0.4, -0.2) is 28.9 Å². The molecule has 3 rings (SSSR count). The van der Waals surface area contributed by atoms with Crippen molar-refractivity contribution in [2.24, 2.45) is 11.7 Å². The summed E-state index contributed by atoms with van der Waals surface area (Å²) in [5, 5.41) is 0. The summed E-state index contributed by atoms with van der Waals surface area (Å²) in [6, 6.07) is 10.2. The van der Waals surface area contributed by atoms with Crippen LogP contribution in [0.2, 0.25) is 0 Å². The number of hydrogen-bond acceptors (Lipinski definition) is 4. The summed E-state index contributed by atoms with van der Waals surface area (Å²) in [5.74, 6) is 0.990. The maximum absolute atomic E-state index is 12.5. The fourth-order valence-electron chi connectivity index (χ4n) is 3.04. The lowest BCUT2D eigenvalue weighted by Crippen LogP contribution is -2.39. The molecule has 1 amide bonds. The van der Waals surface area contributed by atoms with E-state index in [4.69, 9.17) is 10.2 Å². The van der Waals surface area contributed by atoms with Crippen molar-refractivity contribution in [1.29, 1.82) is 0 Å². The number of carbonyl (C=O) groups is 1.